The molecule has 3 unspecified atom stereocenters. The molecule has 4 heteroatoms. The van der Waals surface area contributed by atoms with E-state index >= 15 is 0 Å². The van der Waals surface area contributed by atoms with E-state index < -0.39 is 5.54 Å². The lowest BCUT2D eigenvalue weighted by atomic mass is 9.66. The van der Waals surface area contributed by atoms with E-state index in [1.54, 1.807) is 13.8 Å². The van der Waals surface area contributed by atoms with Crippen molar-refractivity contribution >= 4 is 5.78 Å². The molecule has 0 aliphatic heterocycles. The molecule has 0 spiro atoms. The highest BCUT2D eigenvalue weighted by atomic mass is 16.6. The molecule has 3 atom stereocenters. The first kappa shape index (κ1) is 13.1. The van der Waals surface area contributed by atoms with E-state index in [9.17, 15) is 14.9 Å². The maximum absolute atomic E-state index is 11.6. The topological polar surface area (TPSA) is 60.2 Å². The van der Waals surface area contributed by atoms with Crippen molar-refractivity contribution in [2.75, 3.05) is 0 Å². The van der Waals surface area contributed by atoms with Crippen LogP contribution in [-0.2, 0) is 4.79 Å². The van der Waals surface area contributed by atoms with Crippen LogP contribution in [0.3, 0.4) is 0 Å². The van der Waals surface area contributed by atoms with Crippen LogP contribution in [-0.4, -0.2) is 16.2 Å². The van der Waals surface area contributed by atoms with Gasteiger partial charge >= 0.3 is 0 Å². The average molecular weight is 227 g/mol. The summed E-state index contributed by atoms with van der Waals surface area (Å²) < 4.78 is 0. The Hall–Kier alpha value is -0.930. The average Bonchev–Trinajstić information content (AvgIpc) is 2.21. The molecule has 1 aliphatic carbocycles. The lowest BCUT2D eigenvalue weighted by molar-refractivity contribution is -0.582. The minimum absolute atomic E-state index is 0.0845. The number of carbonyl (C=O) groups is 1. The van der Waals surface area contributed by atoms with Crippen molar-refractivity contribution in [3.63, 3.8) is 0 Å². The number of carbonyl (C=O) groups excluding carboxylic acids is 1. The third-order valence-electron chi connectivity index (χ3n) is 4.11. The normalized spacial score (nSPS) is 32.1. The molecule has 1 aliphatic rings. The zero-order valence-corrected chi connectivity index (χ0v) is 10.4. The van der Waals surface area contributed by atoms with Gasteiger partial charge in [0, 0.05) is 30.1 Å². The van der Waals surface area contributed by atoms with E-state index in [1.165, 1.54) is 0 Å². The summed E-state index contributed by atoms with van der Waals surface area (Å²) in [6, 6.07) is 0. The Bertz CT molecular complexity index is 290. The maximum atomic E-state index is 11.6. The Labute approximate surface area is 96.6 Å². The summed E-state index contributed by atoms with van der Waals surface area (Å²) in [5.74, 6) is -0.128. The van der Waals surface area contributed by atoms with E-state index in [0.717, 1.165) is 19.3 Å². The fourth-order valence-corrected chi connectivity index (χ4v) is 3.06. The molecule has 4 nitrogen and oxygen atoms in total. The second-order valence-corrected chi connectivity index (χ2v) is 5.09. The van der Waals surface area contributed by atoms with Crippen LogP contribution in [0.4, 0.5) is 0 Å². The molecule has 0 aromatic carbocycles. The van der Waals surface area contributed by atoms with Crippen molar-refractivity contribution in [1.82, 2.24) is 0 Å². The van der Waals surface area contributed by atoms with Gasteiger partial charge in [0.15, 0.2) is 0 Å². The van der Waals surface area contributed by atoms with Gasteiger partial charge < -0.3 is 0 Å². The highest BCUT2D eigenvalue weighted by Crippen LogP contribution is 2.41. The monoisotopic (exact) mass is 227 g/mol. The first-order valence-corrected chi connectivity index (χ1v) is 6.08. The largest absolute Gasteiger partial charge is 0.300 e. The van der Waals surface area contributed by atoms with Crippen molar-refractivity contribution in [2.45, 2.75) is 58.4 Å². The lowest BCUT2D eigenvalue weighted by Crippen LogP contribution is -2.49. The summed E-state index contributed by atoms with van der Waals surface area (Å²) in [5, 5.41) is 11.2. The first-order valence-electron chi connectivity index (χ1n) is 6.08. The van der Waals surface area contributed by atoms with E-state index in [1.807, 2.05) is 6.92 Å². The molecule has 0 bridgehead atoms. The van der Waals surface area contributed by atoms with Crippen molar-refractivity contribution in [1.29, 1.82) is 0 Å². The Kier molecular flexibility index (Phi) is 4.05. The molecular weight excluding hydrogens is 206 g/mol. The van der Waals surface area contributed by atoms with E-state index in [4.69, 9.17) is 0 Å². The van der Waals surface area contributed by atoms with Gasteiger partial charge in [-0.05, 0) is 26.2 Å². The predicted octanol–water partition coefficient (Wildman–Crippen LogP) is 2.83. The quantitative estimate of drug-likeness (QED) is 0.548. The van der Waals surface area contributed by atoms with E-state index in [-0.39, 0.29) is 22.5 Å². The number of Topliss-reactive ketones (excluding diaryl/α,β-unsaturated/α-hetero) is 1. The molecule has 16 heavy (non-hydrogen) atoms. The van der Waals surface area contributed by atoms with Crippen LogP contribution in [0.5, 0.6) is 0 Å². The lowest BCUT2D eigenvalue weighted by Gasteiger charge is -2.37. The van der Waals surface area contributed by atoms with Gasteiger partial charge in [0.05, 0.1) is 0 Å². The summed E-state index contributed by atoms with van der Waals surface area (Å²) in [6.45, 7) is 5.21. The maximum Gasteiger partial charge on any atom is 0.223 e. The number of ketones is 1. The fraction of sp³-hybridized carbons (Fsp3) is 0.917. The third kappa shape index (κ3) is 2.25. The third-order valence-corrected chi connectivity index (χ3v) is 4.11. The smallest absolute Gasteiger partial charge is 0.223 e. The van der Waals surface area contributed by atoms with Gasteiger partial charge in [0.2, 0.25) is 5.54 Å². The van der Waals surface area contributed by atoms with Crippen LogP contribution in [0.25, 0.3) is 0 Å². The number of nitro groups is 1. The molecule has 0 aromatic heterocycles. The summed E-state index contributed by atoms with van der Waals surface area (Å²) in [5.41, 5.74) is -0.898. The number of rotatable bonds is 4. The van der Waals surface area contributed by atoms with Crippen LogP contribution >= 0.6 is 0 Å². The molecular formula is C12H21NO3. The molecule has 0 amide bonds. The summed E-state index contributed by atoms with van der Waals surface area (Å²) in [4.78, 5) is 22.6. The predicted molar refractivity (Wildman–Crippen MR) is 61.8 cm³/mol. The fourth-order valence-electron chi connectivity index (χ4n) is 3.06. The van der Waals surface area contributed by atoms with Crippen molar-refractivity contribution in [2.24, 2.45) is 11.8 Å². The summed E-state index contributed by atoms with van der Waals surface area (Å²) in [7, 11) is 0. The Balaban J connectivity index is 2.97. The number of hydrogen-bond acceptors (Lipinski definition) is 3. The molecule has 0 radical (unpaired) electrons. The Morgan fingerprint density at radius 1 is 1.56 bits per heavy atom. The van der Waals surface area contributed by atoms with Gasteiger partial charge in [-0.3, -0.25) is 14.9 Å². The van der Waals surface area contributed by atoms with Crippen LogP contribution in [0, 0.1) is 22.0 Å². The van der Waals surface area contributed by atoms with Gasteiger partial charge in [-0.2, -0.15) is 0 Å². The SMILES string of the molecule is CCC(C(C)=O)C1CCCCC1(C)[N+](=O)[O-]. The van der Waals surface area contributed by atoms with Gasteiger partial charge in [-0.25, -0.2) is 0 Å². The molecule has 0 aromatic rings. The molecule has 1 rings (SSSR count). The zero-order valence-electron chi connectivity index (χ0n) is 10.4. The van der Waals surface area contributed by atoms with Crippen LogP contribution in [0.2, 0.25) is 0 Å². The number of hydrogen-bond donors (Lipinski definition) is 0. The van der Waals surface area contributed by atoms with Crippen molar-refractivity contribution < 1.29 is 9.72 Å². The molecule has 92 valence electrons. The van der Waals surface area contributed by atoms with Crippen LogP contribution in [0.15, 0.2) is 0 Å². The molecule has 0 saturated heterocycles. The molecule has 1 fully saturated rings. The highest BCUT2D eigenvalue weighted by molar-refractivity contribution is 5.78. The standard InChI is InChI=1S/C12H21NO3/c1-4-10(9(2)14)11-7-5-6-8-12(11,3)13(15)16/h10-11H,4-8H2,1-3H3. The van der Waals surface area contributed by atoms with Gasteiger partial charge in [0.1, 0.15) is 5.78 Å². The van der Waals surface area contributed by atoms with Gasteiger partial charge in [-0.1, -0.05) is 13.3 Å². The van der Waals surface area contributed by atoms with Crippen LogP contribution < -0.4 is 0 Å². The van der Waals surface area contributed by atoms with Crippen molar-refractivity contribution in [3.05, 3.63) is 10.1 Å². The van der Waals surface area contributed by atoms with Gasteiger partial charge in [0.25, 0.3) is 0 Å². The zero-order chi connectivity index (χ0) is 12.3. The molecule has 1 saturated carbocycles. The van der Waals surface area contributed by atoms with E-state index in [2.05, 4.69) is 0 Å². The van der Waals surface area contributed by atoms with Gasteiger partial charge in [-0.15, -0.1) is 0 Å². The first-order chi connectivity index (χ1) is 7.43. The van der Waals surface area contributed by atoms with Crippen molar-refractivity contribution in [3.8, 4) is 0 Å². The summed E-state index contributed by atoms with van der Waals surface area (Å²) in [6.07, 6.45) is 4.05. The second kappa shape index (κ2) is 4.93. The van der Waals surface area contributed by atoms with E-state index in [0.29, 0.717) is 12.8 Å². The summed E-state index contributed by atoms with van der Waals surface area (Å²) >= 11 is 0. The minimum atomic E-state index is -0.898. The number of nitrogens with zero attached hydrogens (tertiary/aromatic N) is 1. The minimum Gasteiger partial charge on any atom is -0.300 e. The Morgan fingerprint density at radius 3 is 2.62 bits per heavy atom. The molecule has 0 N–H and O–H groups in total. The second-order valence-electron chi connectivity index (χ2n) is 5.09. The van der Waals surface area contributed by atoms with Crippen LogP contribution in [0.1, 0.15) is 52.9 Å². The highest BCUT2D eigenvalue weighted by Gasteiger charge is 2.50. The molecule has 0 heterocycles. The Morgan fingerprint density at radius 2 is 2.19 bits per heavy atom.